The monoisotopic (exact) mass is 493 g/mol. The number of carbonyl (C=O) groups is 3. The summed E-state index contributed by atoms with van der Waals surface area (Å²) in [6.07, 6.45) is -0.629. The molecule has 1 aromatic heterocycles. The second-order valence-corrected chi connectivity index (χ2v) is 9.62. The second-order valence-electron chi connectivity index (χ2n) is 8.85. The number of hydrogen-bond acceptors (Lipinski definition) is 6. The van der Waals surface area contributed by atoms with Crippen molar-refractivity contribution in [1.29, 1.82) is 0 Å². The van der Waals surface area contributed by atoms with Gasteiger partial charge in [0.15, 0.2) is 0 Å². The minimum Gasteiger partial charge on any atom is -0.478 e. The summed E-state index contributed by atoms with van der Waals surface area (Å²) in [5.41, 5.74) is 4.86. The third-order valence-electron chi connectivity index (χ3n) is 6.19. The molecule has 2 amide bonds. The van der Waals surface area contributed by atoms with Crippen molar-refractivity contribution in [1.82, 2.24) is 9.69 Å². The van der Waals surface area contributed by atoms with Crippen molar-refractivity contribution in [2.75, 3.05) is 11.9 Å². The van der Waals surface area contributed by atoms with Crippen LogP contribution in [0.25, 0.3) is 11.1 Å². The molecule has 0 fully saturated rings. The summed E-state index contributed by atoms with van der Waals surface area (Å²) >= 11 is 0.918. The van der Waals surface area contributed by atoms with Crippen molar-refractivity contribution in [2.24, 2.45) is 5.92 Å². The van der Waals surface area contributed by atoms with Crippen LogP contribution in [0, 0.1) is 12.8 Å². The van der Waals surface area contributed by atoms with Crippen LogP contribution in [-0.2, 0) is 9.53 Å². The molecule has 0 spiro atoms. The van der Waals surface area contributed by atoms with Crippen LogP contribution in [0.4, 0.5) is 9.80 Å². The van der Waals surface area contributed by atoms with Crippen LogP contribution in [0.5, 0.6) is 0 Å². The van der Waals surface area contributed by atoms with Gasteiger partial charge in [-0.15, -0.1) is 0 Å². The maximum absolute atomic E-state index is 12.7. The average Bonchev–Trinajstić information content (AvgIpc) is 3.34. The highest BCUT2D eigenvalue weighted by atomic mass is 32.1. The van der Waals surface area contributed by atoms with Crippen molar-refractivity contribution in [3.8, 4) is 11.1 Å². The summed E-state index contributed by atoms with van der Waals surface area (Å²) < 4.78 is 9.61. The number of nitrogens with one attached hydrogen (secondary N) is 2. The smallest absolute Gasteiger partial charge is 0.407 e. The highest BCUT2D eigenvalue weighted by molar-refractivity contribution is 7.11. The Morgan fingerprint density at radius 1 is 1.06 bits per heavy atom. The number of benzene rings is 2. The maximum atomic E-state index is 12.7. The summed E-state index contributed by atoms with van der Waals surface area (Å²) in [5, 5.41) is 14.9. The molecule has 3 aromatic rings. The fraction of sp³-hybridized carbons (Fsp3) is 0.308. The maximum Gasteiger partial charge on any atom is 0.407 e. The molecular formula is C26H27N3O5S. The fourth-order valence-corrected chi connectivity index (χ4v) is 5.13. The molecule has 0 bridgehead atoms. The molecule has 2 aromatic carbocycles. The van der Waals surface area contributed by atoms with Gasteiger partial charge in [0.2, 0.25) is 5.91 Å². The molecule has 35 heavy (non-hydrogen) atoms. The van der Waals surface area contributed by atoms with E-state index in [0.717, 1.165) is 33.8 Å². The molecule has 182 valence electrons. The van der Waals surface area contributed by atoms with Crippen molar-refractivity contribution < 1.29 is 24.2 Å². The SMILES string of the molecule is Cc1nsc(NC(=O)CC(NC(=O)OCC2c3ccccc3-c3ccccc32)C(C)C)c1C(=O)O. The van der Waals surface area contributed by atoms with Crippen LogP contribution >= 0.6 is 11.5 Å². The summed E-state index contributed by atoms with van der Waals surface area (Å²) in [6, 6.07) is 15.7. The Bertz CT molecular complexity index is 1220. The molecule has 8 nitrogen and oxygen atoms in total. The molecule has 0 saturated heterocycles. The highest BCUT2D eigenvalue weighted by Gasteiger charge is 2.30. The van der Waals surface area contributed by atoms with Crippen LogP contribution in [0.2, 0.25) is 0 Å². The number of amides is 2. The van der Waals surface area contributed by atoms with Gasteiger partial charge in [0.25, 0.3) is 0 Å². The topological polar surface area (TPSA) is 118 Å². The number of carboxylic acids is 1. The van der Waals surface area contributed by atoms with E-state index in [1.54, 1.807) is 6.92 Å². The summed E-state index contributed by atoms with van der Waals surface area (Å²) in [7, 11) is 0. The van der Waals surface area contributed by atoms with Gasteiger partial charge in [0.1, 0.15) is 17.2 Å². The molecule has 0 aliphatic heterocycles. The van der Waals surface area contributed by atoms with E-state index in [1.807, 2.05) is 38.1 Å². The number of nitrogens with zero attached hydrogens (tertiary/aromatic N) is 1. The first-order valence-electron chi connectivity index (χ1n) is 11.4. The quantitative estimate of drug-likeness (QED) is 0.405. The van der Waals surface area contributed by atoms with E-state index < -0.39 is 24.0 Å². The number of fused-ring (bicyclic) bond motifs is 3. The van der Waals surface area contributed by atoms with Gasteiger partial charge in [-0.3, -0.25) is 4.79 Å². The number of rotatable bonds is 8. The van der Waals surface area contributed by atoms with Crippen molar-refractivity contribution in [3.63, 3.8) is 0 Å². The third kappa shape index (κ3) is 5.19. The Hall–Kier alpha value is -3.72. The summed E-state index contributed by atoms with van der Waals surface area (Å²) in [6.45, 7) is 5.53. The van der Waals surface area contributed by atoms with E-state index in [1.165, 1.54) is 0 Å². The van der Waals surface area contributed by atoms with Crippen LogP contribution in [0.3, 0.4) is 0 Å². The highest BCUT2D eigenvalue weighted by Crippen LogP contribution is 2.44. The van der Waals surface area contributed by atoms with Gasteiger partial charge in [-0.25, -0.2) is 9.59 Å². The minimum atomic E-state index is -1.15. The first kappa shape index (κ1) is 24.4. The number of carbonyl (C=O) groups excluding carboxylic acids is 2. The normalized spacial score (nSPS) is 13.1. The first-order chi connectivity index (χ1) is 16.8. The molecular weight excluding hydrogens is 466 g/mol. The second kappa shape index (κ2) is 10.3. The number of ether oxygens (including phenoxy) is 1. The van der Waals surface area contributed by atoms with Crippen LogP contribution in [0.15, 0.2) is 48.5 Å². The lowest BCUT2D eigenvalue weighted by molar-refractivity contribution is -0.116. The Balaban J connectivity index is 1.38. The zero-order chi connectivity index (χ0) is 25.1. The van der Waals surface area contributed by atoms with Crippen LogP contribution in [0.1, 0.15) is 53.4 Å². The van der Waals surface area contributed by atoms with Gasteiger partial charge in [-0.2, -0.15) is 4.37 Å². The Kier molecular flexibility index (Phi) is 7.16. The first-order valence-corrected chi connectivity index (χ1v) is 12.1. The van der Waals surface area contributed by atoms with Gasteiger partial charge in [-0.1, -0.05) is 62.4 Å². The molecule has 3 N–H and O–H groups in total. The predicted molar refractivity (Wildman–Crippen MR) is 134 cm³/mol. The molecule has 1 atom stereocenters. The van der Waals surface area contributed by atoms with E-state index in [0.29, 0.717) is 5.69 Å². The molecule has 0 radical (unpaired) electrons. The lowest BCUT2D eigenvalue weighted by atomic mass is 9.98. The number of aromatic carboxylic acids is 1. The zero-order valence-corrected chi connectivity index (χ0v) is 20.5. The van der Waals surface area contributed by atoms with E-state index in [-0.39, 0.29) is 35.4 Å². The van der Waals surface area contributed by atoms with Gasteiger partial charge in [-0.05, 0) is 46.6 Å². The Labute approximate surface area is 207 Å². The molecule has 1 aliphatic carbocycles. The van der Waals surface area contributed by atoms with Crippen LogP contribution < -0.4 is 10.6 Å². The van der Waals surface area contributed by atoms with E-state index >= 15 is 0 Å². The van der Waals surface area contributed by atoms with Gasteiger partial charge in [0, 0.05) is 18.4 Å². The number of alkyl carbamates (subject to hydrolysis) is 1. The van der Waals surface area contributed by atoms with Crippen molar-refractivity contribution in [2.45, 2.75) is 39.2 Å². The minimum absolute atomic E-state index is 0.0195. The fourth-order valence-electron chi connectivity index (χ4n) is 4.33. The standard InChI is InChI=1S/C26H27N3O5S/c1-14(2)21(12-22(30)28-24-23(25(31)32)15(3)29-35-24)27-26(33)34-13-20-18-10-6-4-8-16(18)17-9-5-7-11-19(17)20/h4-11,14,20-21H,12-13H2,1-3H3,(H,27,33)(H,28,30)(H,31,32). The molecule has 1 heterocycles. The van der Waals surface area contributed by atoms with E-state index in [9.17, 15) is 19.5 Å². The zero-order valence-electron chi connectivity index (χ0n) is 19.7. The molecule has 4 rings (SSSR count). The number of hydrogen-bond donors (Lipinski definition) is 3. The number of aryl methyl sites for hydroxylation is 1. The van der Waals surface area contributed by atoms with E-state index in [4.69, 9.17) is 4.74 Å². The van der Waals surface area contributed by atoms with Gasteiger partial charge >= 0.3 is 12.1 Å². The van der Waals surface area contributed by atoms with Crippen molar-refractivity contribution >= 4 is 34.5 Å². The van der Waals surface area contributed by atoms with Gasteiger partial charge < -0.3 is 20.5 Å². The number of carboxylic acid groups (broad SMARTS) is 1. The lowest BCUT2D eigenvalue weighted by Gasteiger charge is -2.22. The third-order valence-corrected chi connectivity index (χ3v) is 7.04. The van der Waals surface area contributed by atoms with E-state index in [2.05, 4.69) is 39.3 Å². The molecule has 0 saturated carbocycles. The number of anilines is 1. The lowest BCUT2D eigenvalue weighted by Crippen LogP contribution is -2.41. The molecule has 1 unspecified atom stereocenters. The molecule has 1 aliphatic rings. The Morgan fingerprint density at radius 2 is 1.66 bits per heavy atom. The molecule has 9 heteroatoms. The summed E-state index contributed by atoms with van der Waals surface area (Å²) in [4.78, 5) is 36.7. The average molecular weight is 494 g/mol. The van der Waals surface area contributed by atoms with Gasteiger partial charge in [0.05, 0.1) is 5.69 Å². The Morgan fingerprint density at radius 3 is 2.23 bits per heavy atom. The predicted octanol–water partition coefficient (Wildman–Crippen LogP) is 5.04. The summed E-state index contributed by atoms with van der Waals surface area (Å²) in [5.74, 6) is -1.67. The van der Waals surface area contributed by atoms with Crippen LogP contribution in [-0.4, -0.2) is 40.1 Å². The number of aromatic nitrogens is 1. The van der Waals surface area contributed by atoms with Crippen molar-refractivity contribution in [3.05, 3.63) is 70.9 Å². The largest absolute Gasteiger partial charge is 0.478 e.